The highest BCUT2D eigenvalue weighted by atomic mass is 32.1. The Morgan fingerprint density at radius 1 is 1.19 bits per heavy atom. The average Bonchev–Trinajstić information content (AvgIpc) is 2.70. The summed E-state index contributed by atoms with van der Waals surface area (Å²) in [5, 5.41) is 1.24. The van der Waals surface area contributed by atoms with Gasteiger partial charge >= 0.3 is 0 Å². The summed E-state index contributed by atoms with van der Waals surface area (Å²) in [5.74, 6) is 0.462. The first-order chi connectivity index (χ1) is 7.59. The van der Waals surface area contributed by atoms with Crippen molar-refractivity contribution in [3.63, 3.8) is 0 Å². The Kier molecular flexibility index (Phi) is 3.10. The summed E-state index contributed by atoms with van der Waals surface area (Å²) in [6, 6.07) is 10.4. The predicted molar refractivity (Wildman–Crippen MR) is 70.1 cm³/mol. The lowest BCUT2D eigenvalue weighted by atomic mass is 9.95. The second-order valence-electron chi connectivity index (χ2n) is 4.47. The van der Waals surface area contributed by atoms with E-state index in [9.17, 15) is 4.79 Å². The molecule has 0 spiro atoms. The summed E-state index contributed by atoms with van der Waals surface area (Å²) in [4.78, 5) is 13.1. The Labute approximate surface area is 100 Å². The van der Waals surface area contributed by atoms with E-state index in [1.54, 1.807) is 11.3 Å². The van der Waals surface area contributed by atoms with Gasteiger partial charge < -0.3 is 0 Å². The minimum atomic E-state index is 0.0254. The molecule has 2 rings (SSSR count). The Morgan fingerprint density at radius 2 is 1.88 bits per heavy atom. The van der Waals surface area contributed by atoms with Crippen LogP contribution in [0.4, 0.5) is 0 Å². The molecule has 2 heteroatoms. The molecule has 0 aliphatic heterocycles. The molecule has 0 radical (unpaired) electrons. The van der Waals surface area contributed by atoms with Crippen LogP contribution in [0.25, 0.3) is 10.1 Å². The summed E-state index contributed by atoms with van der Waals surface area (Å²) < 4.78 is 1.26. The molecule has 0 bridgehead atoms. The smallest absolute Gasteiger partial charge is 0.143 e. The first-order valence-corrected chi connectivity index (χ1v) is 6.43. The van der Waals surface area contributed by atoms with Gasteiger partial charge in [0.1, 0.15) is 5.78 Å². The summed E-state index contributed by atoms with van der Waals surface area (Å²) in [6.45, 7) is 5.94. The molecule has 1 aromatic heterocycles. The first-order valence-electron chi connectivity index (χ1n) is 5.62. The Morgan fingerprint density at radius 3 is 2.50 bits per heavy atom. The van der Waals surface area contributed by atoms with E-state index in [1.807, 2.05) is 32.9 Å². The van der Waals surface area contributed by atoms with Crippen molar-refractivity contribution in [2.75, 3.05) is 0 Å². The van der Waals surface area contributed by atoms with Crippen LogP contribution in [0.5, 0.6) is 0 Å². The molecular weight excluding hydrogens is 216 g/mol. The Balaban J connectivity index is 2.37. The van der Waals surface area contributed by atoms with Gasteiger partial charge in [-0.15, -0.1) is 11.3 Å². The highest BCUT2D eigenvalue weighted by molar-refractivity contribution is 7.19. The number of carbonyl (C=O) groups excluding carboxylic acids is 1. The van der Waals surface area contributed by atoms with Gasteiger partial charge in [0, 0.05) is 21.4 Å². The highest BCUT2D eigenvalue weighted by Gasteiger charge is 2.19. The maximum atomic E-state index is 11.9. The number of Topliss-reactive ketones (excluding diaryl/α,β-unsaturated/α-hetero) is 1. The van der Waals surface area contributed by atoms with Crippen LogP contribution >= 0.6 is 11.3 Å². The number of fused-ring (bicyclic) bond motifs is 1. The third kappa shape index (κ3) is 2.03. The van der Waals surface area contributed by atoms with Crippen LogP contribution < -0.4 is 0 Å². The van der Waals surface area contributed by atoms with Crippen molar-refractivity contribution in [1.82, 2.24) is 0 Å². The lowest BCUT2D eigenvalue weighted by Crippen LogP contribution is -2.14. The van der Waals surface area contributed by atoms with Gasteiger partial charge in [0.2, 0.25) is 0 Å². The zero-order chi connectivity index (χ0) is 11.7. The van der Waals surface area contributed by atoms with E-state index in [2.05, 4.69) is 18.2 Å². The molecule has 1 heterocycles. The van der Waals surface area contributed by atoms with Gasteiger partial charge in [0.25, 0.3) is 0 Å². The normalized spacial score (nSPS) is 13.2. The lowest BCUT2D eigenvalue weighted by Gasteiger charge is -2.10. The molecular formula is C14H16OS. The zero-order valence-corrected chi connectivity index (χ0v) is 10.7. The molecule has 0 N–H and O–H groups in total. The first kappa shape index (κ1) is 11.3. The predicted octanol–water partition coefficient (Wildman–Crippen LogP) is 4.23. The van der Waals surface area contributed by atoms with Crippen LogP contribution in [0.2, 0.25) is 0 Å². The number of hydrogen-bond acceptors (Lipinski definition) is 2. The van der Waals surface area contributed by atoms with Gasteiger partial charge in [-0.25, -0.2) is 0 Å². The van der Waals surface area contributed by atoms with Gasteiger partial charge in [-0.3, -0.25) is 4.79 Å². The van der Waals surface area contributed by atoms with Gasteiger partial charge in [0.15, 0.2) is 0 Å². The van der Waals surface area contributed by atoms with E-state index in [0.29, 0.717) is 5.78 Å². The van der Waals surface area contributed by atoms with Crippen LogP contribution in [0.15, 0.2) is 30.3 Å². The highest BCUT2D eigenvalue weighted by Crippen LogP contribution is 2.32. The minimum absolute atomic E-state index is 0.0254. The van der Waals surface area contributed by atoms with E-state index in [-0.39, 0.29) is 11.8 Å². The number of benzene rings is 1. The topological polar surface area (TPSA) is 17.1 Å². The second kappa shape index (κ2) is 4.38. The third-order valence-corrected chi connectivity index (χ3v) is 4.17. The summed E-state index contributed by atoms with van der Waals surface area (Å²) >= 11 is 1.73. The van der Waals surface area contributed by atoms with Crippen LogP contribution in [-0.2, 0) is 4.79 Å². The molecule has 1 atom stereocenters. The maximum Gasteiger partial charge on any atom is 0.143 e. The molecule has 2 aromatic rings. The molecule has 16 heavy (non-hydrogen) atoms. The van der Waals surface area contributed by atoms with Crippen molar-refractivity contribution in [3.05, 3.63) is 35.2 Å². The fourth-order valence-electron chi connectivity index (χ4n) is 1.86. The molecule has 1 nitrogen and oxygen atoms in total. The molecule has 0 saturated heterocycles. The monoisotopic (exact) mass is 232 g/mol. The molecule has 84 valence electrons. The Hall–Kier alpha value is -1.15. The largest absolute Gasteiger partial charge is 0.299 e. The van der Waals surface area contributed by atoms with Crippen LogP contribution in [-0.4, -0.2) is 5.78 Å². The number of thiophene rings is 1. The minimum Gasteiger partial charge on any atom is -0.299 e. The van der Waals surface area contributed by atoms with E-state index < -0.39 is 0 Å². The van der Waals surface area contributed by atoms with Gasteiger partial charge in [-0.05, 0) is 17.5 Å². The van der Waals surface area contributed by atoms with Crippen LogP contribution in [0, 0.1) is 5.92 Å². The number of rotatable bonds is 3. The van der Waals surface area contributed by atoms with Gasteiger partial charge in [-0.2, -0.15) is 0 Å². The van der Waals surface area contributed by atoms with E-state index in [0.717, 1.165) is 0 Å². The summed E-state index contributed by atoms with van der Waals surface area (Å²) in [6.07, 6.45) is 0. The van der Waals surface area contributed by atoms with E-state index in [4.69, 9.17) is 0 Å². The average molecular weight is 232 g/mol. The zero-order valence-electron chi connectivity index (χ0n) is 9.86. The fraction of sp³-hybridized carbons (Fsp3) is 0.357. The SMILES string of the molecule is CC(C)C(=O)C(C)c1cc2ccccc2s1. The second-order valence-corrected chi connectivity index (χ2v) is 5.58. The molecule has 0 aliphatic rings. The van der Waals surface area contributed by atoms with Crippen LogP contribution in [0.1, 0.15) is 31.6 Å². The lowest BCUT2D eigenvalue weighted by molar-refractivity contribution is -0.122. The van der Waals surface area contributed by atoms with Gasteiger partial charge in [0.05, 0.1) is 0 Å². The number of ketones is 1. The quantitative estimate of drug-likeness (QED) is 0.774. The Bertz CT molecular complexity index is 477. The standard InChI is InChI=1S/C14H16OS/c1-9(2)14(15)10(3)13-8-11-6-4-5-7-12(11)16-13/h4-10H,1-3H3. The fourth-order valence-corrected chi connectivity index (χ4v) is 2.98. The molecule has 0 amide bonds. The number of hydrogen-bond donors (Lipinski definition) is 0. The van der Waals surface area contributed by atoms with Crippen molar-refractivity contribution in [2.24, 2.45) is 5.92 Å². The van der Waals surface area contributed by atoms with Crippen molar-refractivity contribution in [3.8, 4) is 0 Å². The van der Waals surface area contributed by atoms with Crippen LogP contribution in [0.3, 0.4) is 0 Å². The van der Waals surface area contributed by atoms with Crippen molar-refractivity contribution < 1.29 is 4.79 Å². The third-order valence-electron chi connectivity index (χ3n) is 2.87. The molecule has 1 aromatic carbocycles. The van der Waals surface area contributed by atoms with Crippen molar-refractivity contribution in [1.29, 1.82) is 0 Å². The molecule has 1 unspecified atom stereocenters. The molecule has 0 saturated carbocycles. The van der Waals surface area contributed by atoms with Crippen molar-refractivity contribution >= 4 is 27.2 Å². The summed E-state index contributed by atoms with van der Waals surface area (Å²) in [7, 11) is 0. The van der Waals surface area contributed by atoms with Crippen molar-refractivity contribution in [2.45, 2.75) is 26.7 Å². The summed E-state index contributed by atoms with van der Waals surface area (Å²) in [5.41, 5.74) is 0. The molecule has 0 aliphatic carbocycles. The van der Waals surface area contributed by atoms with Gasteiger partial charge in [-0.1, -0.05) is 39.0 Å². The van der Waals surface area contributed by atoms with E-state index in [1.165, 1.54) is 15.0 Å². The van der Waals surface area contributed by atoms with E-state index >= 15 is 0 Å². The molecule has 0 fully saturated rings. The number of carbonyl (C=O) groups is 1. The maximum absolute atomic E-state index is 11.9.